The van der Waals surface area contributed by atoms with Gasteiger partial charge in [0.05, 0.1) is 19.7 Å². The van der Waals surface area contributed by atoms with Crippen molar-refractivity contribution in [2.45, 2.75) is 6.42 Å². The molecule has 0 saturated carbocycles. The molecule has 0 unspecified atom stereocenters. The van der Waals surface area contributed by atoms with Crippen LogP contribution in [0.15, 0.2) is 24.3 Å². The number of anilines is 1. The molecule has 2 amide bonds. The smallest absolute Gasteiger partial charge is 0.241 e. The summed E-state index contributed by atoms with van der Waals surface area (Å²) in [4.78, 5) is 30.8. The predicted molar refractivity (Wildman–Crippen MR) is 100 cm³/mol. The first-order valence-corrected chi connectivity index (χ1v) is 9.26. The average Bonchev–Trinajstić information content (AvgIpc) is 3.08. The van der Waals surface area contributed by atoms with Crippen molar-refractivity contribution >= 4 is 17.5 Å². The van der Waals surface area contributed by atoms with Crippen LogP contribution in [0, 0.1) is 0 Å². The van der Waals surface area contributed by atoms with Gasteiger partial charge in [0.2, 0.25) is 11.8 Å². The van der Waals surface area contributed by atoms with E-state index in [0.29, 0.717) is 26.2 Å². The fraction of sp³-hybridized carbons (Fsp3) is 0.579. The molecule has 2 heterocycles. The third-order valence-corrected chi connectivity index (χ3v) is 5.01. The van der Waals surface area contributed by atoms with E-state index < -0.39 is 0 Å². The summed E-state index contributed by atoms with van der Waals surface area (Å²) in [6, 6.07) is 8.14. The SMILES string of the molecule is COCCNC(=O)CN1CCN(CC(=O)N2CCc3ccccc32)CC1. The highest BCUT2D eigenvalue weighted by atomic mass is 16.5. The number of carbonyl (C=O) groups excluding carboxylic acids is 2. The number of hydrogen-bond donors (Lipinski definition) is 1. The number of nitrogens with zero attached hydrogens (tertiary/aromatic N) is 3. The molecular formula is C19H28N4O3. The molecule has 0 bridgehead atoms. The standard InChI is InChI=1S/C19H28N4O3/c1-26-13-7-20-18(24)14-21-9-11-22(12-10-21)15-19(25)23-8-6-16-4-2-3-5-17(16)23/h2-5H,6-15H2,1H3,(H,20,24). The van der Waals surface area contributed by atoms with Crippen molar-refractivity contribution in [3.05, 3.63) is 29.8 Å². The van der Waals surface area contributed by atoms with E-state index >= 15 is 0 Å². The first-order valence-electron chi connectivity index (χ1n) is 9.26. The van der Waals surface area contributed by atoms with E-state index in [-0.39, 0.29) is 11.8 Å². The maximum atomic E-state index is 12.7. The Kier molecular flexibility index (Phi) is 6.60. The Morgan fingerprint density at radius 3 is 2.46 bits per heavy atom. The lowest BCUT2D eigenvalue weighted by Crippen LogP contribution is -2.52. The maximum absolute atomic E-state index is 12.7. The lowest BCUT2D eigenvalue weighted by atomic mass is 10.2. The van der Waals surface area contributed by atoms with E-state index in [1.165, 1.54) is 5.56 Å². The third kappa shape index (κ3) is 4.81. The highest BCUT2D eigenvalue weighted by molar-refractivity contribution is 5.96. The molecule has 1 saturated heterocycles. The number of benzene rings is 1. The highest BCUT2D eigenvalue weighted by Gasteiger charge is 2.27. The Morgan fingerprint density at radius 2 is 1.73 bits per heavy atom. The second kappa shape index (κ2) is 9.12. The van der Waals surface area contributed by atoms with Crippen LogP contribution in [-0.2, 0) is 20.7 Å². The molecule has 7 heteroatoms. The van der Waals surface area contributed by atoms with Gasteiger partial charge in [0.25, 0.3) is 0 Å². The van der Waals surface area contributed by atoms with Gasteiger partial charge < -0.3 is 15.0 Å². The number of hydrogen-bond acceptors (Lipinski definition) is 5. The minimum atomic E-state index is 0.0280. The first kappa shape index (κ1) is 18.8. The van der Waals surface area contributed by atoms with Gasteiger partial charge in [0, 0.05) is 52.1 Å². The molecular weight excluding hydrogens is 332 g/mol. The Morgan fingerprint density at radius 1 is 1.04 bits per heavy atom. The summed E-state index contributed by atoms with van der Waals surface area (Å²) in [6.07, 6.45) is 0.938. The van der Waals surface area contributed by atoms with Crippen molar-refractivity contribution in [3.8, 4) is 0 Å². The van der Waals surface area contributed by atoms with Crippen LogP contribution in [0.5, 0.6) is 0 Å². The van der Waals surface area contributed by atoms with Crippen molar-refractivity contribution in [1.29, 1.82) is 0 Å². The van der Waals surface area contributed by atoms with Crippen molar-refractivity contribution in [2.24, 2.45) is 0 Å². The van der Waals surface area contributed by atoms with Crippen LogP contribution >= 0.6 is 0 Å². The van der Waals surface area contributed by atoms with Gasteiger partial charge in [0.15, 0.2) is 0 Å². The number of piperazine rings is 1. The zero-order valence-electron chi connectivity index (χ0n) is 15.4. The normalized spacial score (nSPS) is 18.0. The minimum absolute atomic E-state index is 0.0280. The average molecular weight is 360 g/mol. The summed E-state index contributed by atoms with van der Waals surface area (Å²) in [6.45, 7) is 5.94. The van der Waals surface area contributed by atoms with Crippen LogP contribution in [0.3, 0.4) is 0 Å². The van der Waals surface area contributed by atoms with E-state index in [4.69, 9.17) is 4.74 Å². The second-order valence-corrected chi connectivity index (χ2v) is 6.82. The zero-order valence-corrected chi connectivity index (χ0v) is 15.4. The van der Waals surface area contributed by atoms with Crippen molar-refractivity contribution in [2.75, 3.05) is 71.0 Å². The lowest BCUT2D eigenvalue weighted by molar-refractivity contribution is -0.124. The van der Waals surface area contributed by atoms with E-state index in [9.17, 15) is 9.59 Å². The molecule has 1 aromatic carbocycles. The number of rotatable bonds is 7. The van der Waals surface area contributed by atoms with Crippen molar-refractivity contribution < 1.29 is 14.3 Å². The maximum Gasteiger partial charge on any atom is 0.241 e. The predicted octanol–water partition coefficient (Wildman–Crippen LogP) is -0.0441. The highest BCUT2D eigenvalue weighted by Crippen LogP contribution is 2.27. The van der Waals surface area contributed by atoms with E-state index in [2.05, 4.69) is 21.2 Å². The molecule has 3 rings (SSSR count). The largest absolute Gasteiger partial charge is 0.383 e. The van der Waals surface area contributed by atoms with Gasteiger partial charge in [-0.15, -0.1) is 0 Å². The summed E-state index contributed by atoms with van der Waals surface area (Å²) in [5.74, 6) is 0.195. The molecule has 26 heavy (non-hydrogen) atoms. The quantitative estimate of drug-likeness (QED) is 0.691. The fourth-order valence-corrected chi connectivity index (χ4v) is 3.53. The van der Waals surface area contributed by atoms with Crippen LogP contribution in [0.4, 0.5) is 5.69 Å². The number of ether oxygens (including phenoxy) is 1. The number of nitrogens with one attached hydrogen (secondary N) is 1. The van der Waals surface area contributed by atoms with Crippen molar-refractivity contribution in [1.82, 2.24) is 15.1 Å². The van der Waals surface area contributed by atoms with E-state index in [1.54, 1.807) is 7.11 Å². The molecule has 0 atom stereocenters. The summed E-state index contributed by atoms with van der Waals surface area (Å²) in [5.41, 5.74) is 2.31. The molecule has 1 fully saturated rings. The Hall–Kier alpha value is -1.96. The number of para-hydroxylation sites is 1. The summed E-state index contributed by atoms with van der Waals surface area (Å²) in [5, 5.41) is 2.84. The Bertz CT molecular complexity index is 629. The van der Waals surface area contributed by atoms with Gasteiger partial charge in [-0.05, 0) is 18.1 Å². The Balaban J connectivity index is 1.40. The molecule has 0 radical (unpaired) electrons. The van der Waals surface area contributed by atoms with Gasteiger partial charge in [-0.3, -0.25) is 19.4 Å². The second-order valence-electron chi connectivity index (χ2n) is 6.82. The van der Waals surface area contributed by atoms with Gasteiger partial charge in [0.1, 0.15) is 0 Å². The summed E-state index contributed by atoms with van der Waals surface area (Å²) < 4.78 is 4.93. The minimum Gasteiger partial charge on any atom is -0.383 e. The van der Waals surface area contributed by atoms with Gasteiger partial charge in [-0.25, -0.2) is 0 Å². The topological polar surface area (TPSA) is 65.1 Å². The zero-order chi connectivity index (χ0) is 18.4. The molecule has 1 aromatic rings. The lowest BCUT2D eigenvalue weighted by Gasteiger charge is -2.34. The van der Waals surface area contributed by atoms with Gasteiger partial charge in [-0.1, -0.05) is 18.2 Å². The summed E-state index contributed by atoms with van der Waals surface area (Å²) >= 11 is 0. The molecule has 0 spiro atoms. The van der Waals surface area contributed by atoms with Gasteiger partial charge >= 0.3 is 0 Å². The molecule has 2 aliphatic heterocycles. The molecule has 7 nitrogen and oxygen atoms in total. The van der Waals surface area contributed by atoms with Gasteiger partial charge in [-0.2, -0.15) is 0 Å². The number of amides is 2. The number of methoxy groups -OCH3 is 1. The third-order valence-electron chi connectivity index (χ3n) is 5.01. The van der Waals surface area contributed by atoms with Crippen LogP contribution in [-0.4, -0.2) is 87.7 Å². The summed E-state index contributed by atoms with van der Waals surface area (Å²) in [7, 11) is 1.62. The Labute approximate surface area is 154 Å². The van der Waals surface area contributed by atoms with E-state index in [0.717, 1.165) is 44.8 Å². The van der Waals surface area contributed by atoms with Crippen LogP contribution in [0.1, 0.15) is 5.56 Å². The first-order chi connectivity index (χ1) is 12.7. The molecule has 1 N–H and O–H groups in total. The van der Waals surface area contributed by atoms with Crippen LogP contribution in [0.2, 0.25) is 0 Å². The van der Waals surface area contributed by atoms with E-state index in [1.807, 2.05) is 23.1 Å². The van der Waals surface area contributed by atoms with Crippen molar-refractivity contribution in [3.63, 3.8) is 0 Å². The molecule has 0 aromatic heterocycles. The van der Waals surface area contributed by atoms with Crippen LogP contribution in [0.25, 0.3) is 0 Å². The number of carbonyl (C=O) groups is 2. The monoisotopic (exact) mass is 360 g/mol. The number of fused-ring (bicyclic) bond motifs is 1. The fourth-order valence-electron chi connectivity index (χ4n) is 3.53. The van der Waals surface area contributed by atoms with Crippen LogP contribution < -0.4 is 10.2 Å². The molecule has 142 valence electrons. The molecule has 2 aliphatic rings. The molecule has 0 aliphatic carbocycles.